The maximum atomic E-state index is 12.8. The molecule has 0 saturated heterocycles. The highest BCUT2D eigenvalue weighted by molar-refractivity contribution is 5.95. The Hall–Kier alpha value is -2.40. The smallest absolute Gasteiger partial charge is 0.253 e. The quantitative estimate of drug-likeness (QED) is 0.899. The monoisotopic (exact) mass is 338 g/mol. The molecule has 2 aromatic rings. The first kappa shape index (κ1) is 16.1. The van der Waals surface area contributed by atoms with Crippen molar-refractivity contribution in [2.24, 2.45) is 5.92 Å². The van der Waals surface area contributed by atoms with Crippen molar-refractivity contribution >= 4 is 5.91 Å². The molecule has 5 nitrogen and oxygen atoms in total. The minimum atomic E-state index is -0.262. The number of carbonyl (C=O) groups is 1. The molecule has 1 aliphatic heterocycles. The third kappa shape index (κ3) is 3.12. The third-order valence-electron chi connectivity index (χ3n) is 5.23. The molecule has 0 unspecified atom stereocenters. The Kier molecular flexibility index (Phi) is 4.17. The fraction of sp³-hybridized carbons (Fsp3) is 0.400. The van der Waals surface area contributed by atoms with E-state index in [4.69, 9.17) is 4.74 Å². The van der Waals surface area contributed by atoms with Crippen LogP contribution in [0.5, 0.6) is 5.75 Å². The van der Waals surface area contributed by atoms with Crippen LogP contribution in [0.2, 0.25) is 0 Å². The summed E-state index contributed by atoms with van der Waals surface area (Å²) >= 11 is 0. The minimum absolute atomic E-state index is 0.110. The van der Waals surface area contributed by atoms with Gasteiger partial charge in [-0.1, -0.05) is 6.07 Å². The summed E-state index contributed by atoms with van der Waals surface area (Å²) in [5, 5.41) is 12.9. The molecule has 5 heteroatoms. The average molecular weight is 338 g/mol. The van der Waals surface area contributed by atoms with Gasteiger partial charge in [-0.05, 0) is 61.1 Å². The van der Waals surface area contributed by atoms with Gasteiger partial charge in [-0.2, -0.15) is 0 Å². The van der Waals surface area contributed by atoms with Gasteiger partial charge in [0.05, 0.1) is 24.3 Å². The number of nitrogens with zero attached hydrogens (tertiary/aromatic N) is 1. The highest BCUT2D eigenvalue weighted by atomic mass is 16.5. The number of nitrogens with one attached hydrogen (secondary N) is 1. The van der Waals surface area contributed by atoms with E-state index in [0.29, 0.717) is 25.0 Å². The van der Waals surface area contributed by atoms with Crippen LogP contribution in [0.1, 0.15) is 46.1 Å². The van der Waals surface area contributed by atoms with E-state index >= 15 is 0 Å². The van der Waals surface area contributed by atoms with Crippen LogP contribution in [-0.2, 0) is 6.42 Å². The SMILES string of the molecule is Cc1ncccc1C(=O)N[C@H](c1ccc2c(c1)CCO2)C1CC(O)C1. The lowest BCUT2D eigenvalue weighted by Crippen LogP contribution is -2.41. The molecular formula is C20H22N2O3. The van der Waals surface area contributed by atoms with Gasteiger partial charge in [0.1, 0.15) is 5.75 Å². The zero-order valence-corrected chi connectivity index (χ0v) is 14.2. The third-order valence-corrected chi connectivity index (χ3v) is 5.23. The first-order valence-corrected chi connectivity index (χ1v) is 8.78. The fourth-order valence-electron chi connectivity index (χ4n) is 3.72. The molecule has 1 atom stereocenters. The maximum Gasteiger partial charge on any atom is 0.253 e. The number of fused-ring (bicyclic) bond motifs is 1. The van der Waals surface area contributed by atoms with Crippen LogP contribution in [-0.4, -0.2) is 28.7 Å². The van der Waals surface area contributed by atoms with Crippen LogP contribution >= 0.6 is 0 Å². The van der Waals surface area contributed by atoms with E-state index in [-0.39, 0.29) is 24.0 Å². The van der Waals surface area contributed by atoms with Gasteiger partial charge in [0.15, 0.2) is 0 Å². The Balaban J connectivity index is 1.61. The Morgan fingerprint density at radius 2 is 2.20 bits per heavy atom. The number of rotatable bonds is 4. The van der Waals surface area contributed by atoms with Crippen molar-refractivity contribution in [1.29, 1.82) is 0 Å². The van der Waals surface area contributed by atoms with Gasteiger partial charge in [0.25, 0.3) is 5.91 Å². The van der Waals surface area contributed by atoms with E-state index in [1.54, 1.807) is 18.3 Å². The topological polar surface area (TPSA) is 71.5 Å². The second-order valence-electron chi connectivity index (χ2n) is 6.94. The number of benzene rings is 1. The van der Waals surface area contributed by atoms with E-state index in [1.807, 2.05) is 19.1 Å². The molecule has 1 aromatic heterocycles. The van der Waals surface area contributed by atoms with Crippen LogP contribution in [0, 0.1) is 12.8 Å². The molecule has 25 heavy (non-hydrogen) atoms. The fourth-order valence-corrected chi connectivity index (χ4v) is 3.72. The van der Waals surface area contributed by atoms with Crippen molar-refractivity contribution in [1.82, 2.24) is 10.3 Å². The van der Waals surface area contributed by atoms with Crippen LogP contribution in [0.4, 0.5) is 0 Å². The van der Waals surface area contributed by atoms with Crippen molar-refractivity contribution < 1.29 is 14.6 Å². The molecule has 0 spiro atoms. The van der Waals surface area contributed by atoms with Crippen molar-refractivity contribution in [3.63, 3.8) is 0 Å². The van der Waals surface area contributed by atoms with E-state index in [9.17, 15) is 9.90 Å². The highest BCUT2D eigenvalue weighted by Gasteiger charge is 2.36. The lowest BCUT2D eigenvalue weighted by molar-refractivity contribution is 0.0235. The van der Waals surface area contributed by atoms with Crippen molar-refractivity contribution in [3.8, 4) is 5.75 Å². The zero-order chi connectivity index (χ0) is 17.4. The minimum Gasteiger partial charge on any atom is -0.493 e. The molecule has 4 rings (SSSR count). The molecule has 0 bridgehead atoms. The molecular weight excluding hydrogens is 316 g/mol. The second-order valence-corrected chi connectivity index (χ2v) is 6.94. The summed E-state index contributed by atoms with van der Waals surface area (Å²) in [6.45, 7) is 2.55. The number of ether oxygens (including phenoxy) is 1. The van der Waals surface area contributed by atoms with Crippen LogP contribution in [0.15, 0.2) is 36.5 Å². The van der Waals surface area contributed by atoms with E-state index in [2.05, 4.69) is 16.4 Å². The summed E-state index contributed by atoms with van der Waals surface area (Å²) in [6, 6.07) is 9.60. The number of aliphatic hydroxyl groups is 1. The van der Waals surface area contributed by atoms with E-state index < -0.39 is 0 Å². The lowest BCUT2D eigenvalue weighted by atomic mass is 9.74. The van der Waals surface area contributed by atoms with Crippen LogP contribution in [0.25, 0.3) is 0 Å². The molecule has 1 saturated carbocycles. The van der Waals surface area contributed by atoms with Gasteiger partial charge >= 0.3 is 0 Å². The Morgan fingerprint density at radius 3 is 2.96 bits per heavy atom. The molecule has 2 N–H and O–H groups in total. The van der Waals surface area contributed by atoms with Crippen molar-refractivity contribution in [2.45, 2.75) is 38.3 Å². The molecule has 2 heterocycles. The van der Waals surface area contributed by atoms with Gasteiger partial charge in [0.2, 0.25) is 0 Å². The van der Waals surface area contributed by atoms with Gasteiger partial charge in [-0.15, -0.1) is 0 Å². The molecule has 2 aliphatic rings. The summed E-state index contributed by atoms with van der Waals surface area (Å²) in [5.74, 6) is 1.07. The molecule has 1 amide bonds. The predicted octanol–water partition coefficient (Wildman–Crippen LogP) is 2.57. The number of aromatic nitrogens is 1. The molecule has 1 aromatic carbocycles. The van der Waals surface area contributed by atoms with Crippen LogP contribution < -0.4 is 10.1 Å². The summed E-state index contributed by atoms with van der Waals surface area (Å²) in [6.07, 6.45) is 3.75. The number of aryl methyl sites for hydroxylation is 1. The van der Waals surface area contributed by atoms with Gasteiger partial charge in [-0.25, -0.2) is 0 Å². The zero-order valence-electron chi connectivity index (χ0n) is 14.2. The Morgan fingerprint density at radius 1 is 1.36 bits per heavy atom. The standard InChI is InChI=1S/C20H22N2O3/c1-12-17(3-2-7-21-12)20(24)22-19(15-10-16(23)11-15)14-4-5-18-13(9-14)6-8-25-18/h2-5,7,9,15-16,19,23H,6,8,10-11H2,1H3,(H,22,24)/t15?,16?,19-/m1/s1. The number of amides is 1. The normalized spacial score (nSPS) is 22.5. The van der Waals surface area contributed by atoms with Crippen molar-refractivity contribution in [2.75, 3.05) is 6.61 Å². The maximum absolute atomic E-state index is 12.8. The molecule has 0 radical (unpaired) electrons. The summed E-state index contributed by atoms with van der Waals surface area (Å²) in [4.78, 5) is 17.0. The molecule has 1 aliphatic carbocycles. The predicted molar refractivity (Wildman–Crippen MR) is 93.6 cm³/mol. The van der Waals surface area contributed by atoms with Crippen LogP contribution in [0.3, 0.4) is 0 Å². The van der Waals surface area contributed by atoms with Gasteiger partial charge < -0.3 is 15.2 Å². The van der Waals surface area contributed by atoms with Crippen molar-refractivity contribution in [3.05, 3.63) is 58.9 Å². The number of hydrogen-bond acceptors (Lipinski definition) is 4. The largest absolute Gasteiger partial charge is 0.493 e. The first-order chi connectivity index (χ1) is 12.1. The molecule has 130 valence electrons. The Labute approximate surface area is 147 Å². The number of hydrogen-bond donors (Lipinski definition) is 2. The number of aliphatic hydroxyl groups excluding tert-OH is 1. The first-order valence-electron chi connectivity index (χ1n) is 8.78. The number of pyridine rings is 1. The summed E-state index contributed by atoms with van der Waals surface area (Å²) < 4.78 is 5.58. The van der Waals surface area contributed by atoms with E-state index in [1.165, 1.54) is 5.56 Å². The van der Waals surface area contributed by atoms with E-state index in [0.717, 1.165) is 23.4 Å². The molecule has 1 fully saturated rings. The number of carbonyl (C=O) groups excluding carboxylic acids is 1. The second kappa shape index (κ2) is 6.48. The van der Waals surface area contributed by atoms with Gasteiger partial charge in [-0.3, -0.25) is 9.78 Å². The Bertz CT molecular complexity index is 799. The highest BCUT2D eigenvalue weighted by Crippen LogP contribution is 2.40. The van der Waals surface area contributed by atoms with Gasteiger partial charge in [0, 0.05) is 18.3 Å². The summed E-state index contributed by atoms with van der Waals surface area (Å²) in [7, 11) is 0. The average Bonchev–Trinajstić information content (AvgIpc) is 3.05. The summed E-state index contributed by atoms with van der Waals surface area (Å²) in [5.41, 5.74) is 3.58. The lowest BCUT2D eigenvalue weighted by Gasteiger charge is -2.38.